The quantitative estimate of drug-likeness (QED) is 0.438. The van der Waals surface area contributed by atoms with Gasteiger partial charge in [0.2, 0.25) is 5.91 Å². The molecule has 2 heterocycles. The molecule has 2 aromatic carbocycles. The number of aromatic nitrogens is 1. The van der Waals surface area contributed by atoms with Gasteiger partial charge in [0.25, 0.3) is 0 Å². The Labute approximate surface area is 199 Å². The number of nitrogens with one attached hydrogen (secondary N) is 1. The highest BCUT2D eigenvalue weighted by Gasteiger charge is 2.44. The fraction of sp³-hybridized carbons (Fsp3) is 0.370. The molecule has 1 aromatic heterocycles. The number of amides is 1. The fourth-order valence-electron chi connectivity index (χ4n) is 4.45. The summed E-state index contributed by atoms with van der Waals surface area (Å²) in [7, 11) is 0. The van der Waals surface area contributed by atoms with Crippen LogP contribution >= 0.6 is 0 Å². The van der Waals surface area contributed by atoms with Crippen molar-refractivity contribution in [3.8, 4) is 0 Å². The maximum atomic E-state index is 13.5. The highest BCUT2D eigenvalue weighted by molar-refractivity contribution is 6.01. The van der Waals surface area contributed by atoms with Crippen molar-refractivity contribution in [3.05, 3.63) is 71.9 Å². The van der Waals surface area contributed by atoms with Crippen molar-refractivity contribution >= 4 is 28.7 Å². The number of H-pyrrole nitrogens is 1. The molecule has 34 heavy (non-hydrogen) atoms. The first kappa shape index (κ1) is 23.5. The summed E-state index contributed by atoms with van der Waals surface area (Å²) >= 11 is 0. The zero-order valence-electron chi connectivity index (χ0n) is 19.7. The van der Waals surface area contributed by atoms with Crippen molar-refractivity contribution in [1.82, 2.24) is 9.88 Å². The maximum Gasteiger partial charge on any atom is 0.326 e. The molecule has 1 fully saturated rings. The van der Waals surface area contributed by atoms with Gasteiger partial charge in [-0.1, -0.05) is 48.5 Å². The van der Waals surface area contributed by atoms with Gasteiger partial charge in [-0.15, -0.1) is 0 Å². The number of rotatable bonds is 6. The highest BCUT2D eigenvalue weighted by atomic mass is 16.6. The minimum Gasteiger partial charge on any atom is -0.460 e. The van der Waals surface area contributed by atoms with Crippen molar-refractivity contribution < 1.29 is 23.9 Å². The van der Waals surface area contributed by atoms with Crippen LogP contribution in [0.2, 0.25) is 0 Å². The molecule has 7 nitrogen and oxygen atoms in total. The number of carbonyl (C=O) groups excluding carboxylic acids is 3. The lowest BCUT2D eigenvalue weighted by atomic mass is 9.79. The average molecular weight is 463 g/mol. The van der Waals surface area contributed by atoms with Gasteiger partial charge >= 0.3 is 11.9 Å². The second-order valence-electron chi connectivity index (χ2n) is 9.60. The van der Waals surface area contributed by atoms with Gasteiger partial charge in [-0.25, -0.2) is 0 Å². The third-order valence-corrected chi connectivity index (χ3v) is 5.93. The maximum absolute atomic E-state index is 13.5. The summed E-state index contributed by atoms with van der Waals surface area (Å²) in [4.78, 5) is 43.9. The van der Waals surface area contributed by atoms with Crippen LogP contribution in [0.3, 0.4) is 0 Å². The summed E-state index contributed by atoms with van der Waals surface area (Å²) < 4.78 is 11.0. The minimum atomic E-state index is -1.04. The Balaban J connectivity index is 1.59. The molecule has 0 aliphatic carbocycles. The molecule has 3 aromatic rings. The number of esters is 2. The molecule has 1 aliphatic heterocycles. The van der Waals surface area contributed by atoms with E-state index in [4.69, 9.17) is 9.47 Å². The number of fused-ring (bicyclic) bond motifs is 1. The summed E-state index contributed by atoms with van der Waals surface area (Å²) in [5.74, 6) is -2.90. The van der Waals surface area contributed by atoms with Crippen molar-refractivity contribution in [3.63, 3.8) is 0 Å². The molecule has 1 aliphatic rings. The zero-order valence-corrected chi connectivity index (χ0v) is 19.7. The fourth-order valence-corrected chi connectivity index (χ4v) is 4.45. The van der Waals surface area contributed by atoms with E-state index in [1.54, 1.807) is 20.8 Å². The topological polar surface area (TPSA) is 88.7 Å². The first-order valence-electron chi connectivity index (χ1n) is 11.5. The summed E-state index contributed by atoms with van der Waals surface area (Å²) in [6.45, 7) is 5.57. The van der Waals surface area contributed by atoms with Gasteiger partial charge in [-0.2, -0.15) is 0 Å². The lowest BCUT2D eigenvalue weighted by Crippen LogP contribution is -2.50. The third kappa shape index (κ3) is 5.30. The molecule has 1 amide bonds. The number of likely N-dealkylation sites (tertiary alicyclic amines) is 1. The van der Waals surface area contributed by atoms with Crippen LogP contribution in [0, 0.1) is 5.92 Å². The molecular weight excluding hydrogens is 432 g/mol. The van der Waals surface area contributed by atoms with Crippen LogP contribution < -0.4 is 0 Å². The third-order valence-electron chi connectivity index (χ3n) is 5.93. The summed E-state index contributed by atoms with van der Waals surface area (Å²) in [5.41, 5.74) is 2.03. The van der Waals surface area contributed by atoms with Crippen LogP contribution in [0.4, 0.5) is 0 Å². The Bertz CT molecular complexity index is 1180. The van der Waals surface area contributed by atoms with E-state index in [1.807, 2.05) is 60.8 Å². The number of aromatic amines is 1. The van der Waals surface area contributed by atoms with Gasteiger partial charge < -0.3 is 19.4 Å². The largest absolute Gasteiger partial charge is 0.460 e. The van der Waals surface area contributed by atoms with E-state index in [-0.39, 0.29) is 19.1 Å². The number of piperidine rings is 1. The molecule has 178 valence electrons. The Morgan fingerprint density at radius 1 is 1.06 bits per heavy atom. The predicted octanol–water partition coefficient (Wildman–Crippen LogP) is 4.19. The summed E-state index contributed by atoms with van der Waals surface area (Å²) in [6, 6.07) is 17.1. The van der Waals surface area contributed by atoms with E-state index in [9.17, 15) is 14.4 Å². The van der Waals surface area contributed by atoms with Crippen molar-refractivity contribution in [2.75, 3.05) is 13.1 Å². The van der Waals surface area contributed by atoms with Gasteiger partial charge in [-0.3, -0.25) is 14.4 Å². The van der Waals surface area contributed by atoms with Crippen molar-refractivity contribution in [1.29, 1.82) is 0 Å². The number of hydrogen-bond acceptors (Lipinski definition) is 5. The molecule has 1 N–H and O–H groups in total. The summed E-state index contributed by atoms with van der Waals surface area (Å²) in [5, 5.41) is 0.974. The lowest BCUT2D eigenvalue weighted by molar-refractivity contribution is -0.166. The molecule has 4 rings (SSSR count). The van der Waals surface area contributed by atoms with E-state index in [1.165, 1.54) is 4.90 Å². The van der Waals surface area contributed by atoms with Crippen LogP contribution in [0.25, 0.3) is 10.9 Å². The number of carbonyl (C=O) groups is 3. The normalized spacial score (nSPS) is 18.7. The molecular formula is C27H30N2O5. The van der Waals surface area contributed by atoms with E-state index in [0.717, 1.165) is 22.0 Å². The molecule has 0 saturated carbocycles. The second-order valence-corrected chi connectivity index (χ2v) is 9.60. The molecule has 0 unspecified atom stereocenters. The van der Waals surface area contributed by atoms with Crippen LogP contribution in [0.15, 0.2) is 60.8 Å². The van der Waals surface area contributed by atoms with Crippen LogP contribution in [-0.4, -0.2) is 46.4 Å². The Hall–Kier alpha value is -3.61. The lowest BCUT2D eigenvalue weighted by Gasteiger charge is -2.36. The molecule has 0 spiro atoms. The standard InChI is InChI=1S/C27H30N2O5/c1-27(2,3)34-23(30)16-29-14-13-20(21-15-28-22-12-8-7-11-19(21)22)24(25(29)31)26(32)33-17-18-9-5-4-6-10-18/h4-12,15,20,24,28H,13-14,16-17H2,1-3H3/t20-,24-/m1/s1. The number of hydrogen-bond donors (Lipinski definition) is 1. The highest BCUT2D eigenvalue weighted by Crippen LogP contribution is 2.38. The van der Waals surface area contributed by atoms with E-state index >= 15 is 0 Å². The van der Waals surface area contributed by atoms with E-state index in [2.05, 4.69) is 4.98 Å². The number of benzene rings is 2. The molecule has 2 atom stereocenters. The minimum absolute atomic E-state index is 0.0795. The number of ether oxygens (including phenoxy) is 2. The van der Waals surface area contributed by atoms with Gasteiger partial charge in [-0.05, 0) is 44.4 Å². The van der Waals surface area contributed by atoms with Gasteiger partial charge in [0.15, 0.2) is 0 Å². The molecule has 0 radical (unpaired) electrons. The zero-order chi connectivity index (χ0) is 24.3. The van der Waals surface area contributed by atoms with E-state index in [0.29, 0.717) is 13.0 Å². The van der Waals surface area contributed by atoms with Gasteiger partial charge in [0, 0.05) is 29.6 Å². The number of para-hydroxylation sites is 1. The smallest absolute Gasteiger partial charge is 0.326 e. The molecule has 1 saturated heterocycles. The van der Waals surface area contributed by atoms with Crippen LogP contribution in [-0.2, 0) is 30.5 Å². The van der Waals surface area contributed by atoms with Crippen LogP contribution in [0.5, 0.6) is 0 Å². The van der Waals surface area contributed by atoms with Crippen molar-refractivity contribution in [2.24, 2.45) is 5.92 Å². The van der Waals surface area contributed by atoms with Crippen LogP contribution in [0.1, 0.15) is 44.2 Å². The van der Waals surface area contributed by atoms with Crippen molar-refractivity contribution in [2.45, 2.75) is 45.3 Å². The molecule has 0 bridgehead atoms. The van der Waals surface area contributed by atoms with Gasteiger partial charge in [0.05, 0.1) is 0 Å². The first-order valence-corrected chi connectivity index (χ1v) is 11.5. The second kappa shape index (κ2) is 9.71. The Kier molecular flexibility index (Phi) is 6.72. The van der Waals surface area contributed by atoms with Gasteiger partial charge in [0.1, 0.15) is 24.7 Å². The predicted molar refractivity (Wildman–Crippen MR) is 128 cm³/mol. The number of nitrogens with zero attached hydrogens (tertiary/aromatic N) is 1. The molecule has 7 heteroatoms. The average Bonchev–Trinajstić information content (AvgIpc) is 3.22. The Morgan fingerprint density at radius 3 is 2.50 bits per heavy atom. The Morgan fingerprint density at radius 2 is 1.76 bits per heavy atom. The van der Waals surface area contributed by atoms with E-state index < -0.39 is 29.4 Å². The SMILES string of the molecule is CC(C)(C)OC(=O)CN1CC[C@H](c2c[nH]c3ccccc23)[C@@H](C(=O)OCc2ccccc2)C1=O. The monoisotopic (exact) mass is 462 g/mol. The summed E-state index contributed by atoms with van der Waals surface area (Å²) in [6.07, 6.45) is 2.39. The first-order chi connectivity index (χ1) is 16.2.